The van der Waals surface area contributed by atoms with Gasteiger partial charge in [0, 0.05) is 22.3 Å². The lowest BCUT2D eigenvalue weighted by atomic mass is 10.2. The zero-order valence-corrected chi connectivity index (χ0v) is 10.1. The Morgan fingerprint density at radius 2 is 2.19 bits per heavy atom. The van der Waals surface area contributed by atoms with E-state index in [9.17, 15) is 4.79 Å². The van der Waals surface area contributed by atoms with E-state index in [0.29, 0.717) is 5.52 Å². The summed E-state index contributed by atoms with van der Waals surface area (Å²) < 4.78 is 2.88. The van der Waals surface area contributed by atoms with E-state index in [1.165, 1.54) is 0 Å². The number of H-pyrrole nitrogens is 1. The molecule has 0 saturated carbocycles. The summed E-state index contributed by atoms with van der Waals surface area (Å²) in [7, 11) is 1.88. The number of halogens is 1. The molecule has 2 aromatic heterocycles. The molecule has 0 saturated heterocycles. The molecule has 3 rings (SSSR count). The quantitative estimate of drug-likeness (QED) is 0.685. The molecule has 0 bridgehead atoms. The third-order valence-corrected chi connectivity index (χ3v) is 3.27. The fourth-order valence-corrected chi connectivity index (χ4v) is 2.40. The van der Waals surface area contributed by atoms with Crippen molar-refractivity contribution >= 4 is 37.7 Å². The third-order valence-electron chi connectivity index (χ3n) is 2.78. The minimum absolute atomic E-state index is 0.160. The second-order valence-electron chi connectivity index (χ2n) is 3.68. The minimum atomic E-state index is -0.160. The fourth-order valence-electron chi connectivity index (χ4n) is 2.05. The average Bonchev–Trinajstić information content (AvgIpc) is 2.54. The molecular formula is C11H8BrN3O. The number of aromatic nitrogens is 3. The maximum atomic E-state index is 11.7. The predicted octanol–water partition coefficient (Wildman–Crippen LogP) is 2.18. The molecule has 0 spiro atoms. The van der Waals surface area contributed by atoms with Gasteiger partial charge in [-0.25, -0.2) is 5.10 Å². The Labute approximate surface area is 99.0 Å². The Bertz CT molecular complexity index is 757. The number of fused-ring (bicyclic) bond motifs is 3. The van der Waals surface area contributed by atoms with Gasteiger partial charge in [0.2, 0.25) is 0 Å². The Hall–Kier alpha value is -1.62. The van der Waals surface area contributed by atoms with Crippen LogP contribution in [-0.2, 0) is 7.05 Å². The summed E-state index contributed by atoms with van der Waals surface area (Å²) in [5.74, 6) is 0. The van der Waals surface area contributed by atoms with Gasteiger partial charge in [-0.1, -0.05) is 22.0 Å². The Balaban J connectivity index is 2.70. The number of hydrogen-bond donors (Lipinski definition) is 1. The smallest absolute Gasteiger partial charge is 0.288 e. The molecule has 0 radical (unpaired) electrons. The SMILES string of the molecule is Cn1c2cc(Br)ccc2c2cn[nH]c(=O)c21. The number of aromatic amines is 1. The van der Waals surface area contributed by atoms with E-state index >= 15 is 0 Å². The van der Waals surface area contributed by atoms with E-state index in [2.05, 4.69) is 26.1 Å². The minimum Gasteiger partial charge on any atom is -0.339 e. The van der Waals surface area contributed by atoms with Crippen molar-refractivity contribution in [3.8, 4) is 0 Å². The van der Waals surface area contributed by atoms with Gasteiger partial charge in [0.25, 0.3) is 5.56 Å². The molecular weight excluding hydrogens is 270 g/mol. The fraction of sp³-hybridized carbons (Fsp3) is 0.0909. The van der Waals surface area contributed by atoms with Gasteiger partial charge in [0.15, 0.2) is 0 Å². The summed E-state index contributed by atoms with van der Waals surface area (Å²) in [6.45, 7) is 0. The van der Waals surface area contributed by atoms with Gasteiger partial charge in [-0.2, -0.15) is 5.10 Å². The number of benzene rings is 1. The summed E-state index contributed by atoms with van der Waals surface area (Å²) in [5, 5.41) is 8.21. The lowest BCUT2D eigenvalue weighted by Gasteiger charge is -1.96. The first kappa shape index (κ1) is 9.59. The highest BCUT2D eigenvalue weighted by Gasteiger charge is 2.10. The third kappa shape index (κ3) is 1.15. The van der Waals surface area contributed by atoms with Gasteiger partial charge in [0.05, 0.1) is 11.7 Å². The monoisotopic (exact) mass is 277 g/mol. The molecule has 0 aliphatic heterocycles. The Kier molecular flexibility index (Phi) is 1.91. The van der Waals surface area contributed by atoms with Crippen molar-refractivity contribution in [3.63, 3.8) is 0 Å². The maximum Gasteiger partial charge on any atom is 0.288 e. The zero-order valence-electron chi connectivity index (χ0n) is 8.49. The van der Waals surface area contributed by atoms with Gasteiger partial charge in [-0.05, 0) is 12.1 Å². The van der Waals surface area contributed by atoms with Crippen LogP contribution >= 0.6 is 15.9 Å². The van der Waals surface area contributed by atoms with Crippen molar-refractivity contribution in [1.82, 2.24) is 14.8 Å². The lowest BCUT2D eigenvalue weighted by Crippen LogP contribution is -2.10. The van der Waals surface area contributed by atoms with Crippen LogP contribution in [0.5, 0.6) is 0 Å². The standard InChI is InChI=1S/C11H8BrN3O/c1-15-9-4-6(12)2-3-7(9)8-5-13-14-11(16)10(8)15/h2-5H,1H3,(H,14,16). The average molecular weight is 278 g/mol. The van der Waals surface area contributed by atoms with E-state index < -0.39 is 0 Å². The highest BCUT2D eigenvalue weighted by molar-refractivity contribution is 9.10. The van der Waals surface area contributed by atoms with Crippen molar-refractivity contribution in [2.45, 2.75) is 0 Å². The molecule has 0 unspecified atom stereocenters. The number of nitrogens with zero attached hydrogens (tertiary/aromatic N) is 2. The second kappa shape index (κ2) is 3.18. The number of nitrogens with one attached hydrogen (secondary N) is 1. The van der Waals surface area contributed by atoms with Crippen LogP contribution in [0.1, 0.15) is 0 Å². The highest BCUT2D eigenvalue weighted by Crippen LogP contribution is 2.27. The molecule has 0 aliphatic rings. The molecule has 0 amide bonds. The summed E-state index contributed by atoms with van der Waals surface area (Å²) in [5.41, 5.74) is 1.51. The van der Waals surface area contributed by atoms with E-state index in [-0.39, 0.29) is 5.56 Å². The van der Waals surface area contributed by atoms with Crippen LogP contribution in [0.25, 0.3) is 21.8 Å². The predicted molar refractivity (Wildman–Crippen MR) is 66.5 cm³/mol. The van der Waals surface area contributed by atoms with Crippen LogP contribution in [0.3, 0.4) is 0 Å². The van der Waals surface area contributed by atoms with Crippen molar-refractivity contribution in [1.29, 1.82) is 0 Å². The first-order chi connectivity index (χ1) is 7.68. The van der Waals surface area contributed by atoms with Crippen molar-refractivity contribution in [2.75, 3.05) is 0 Å². The first-order valence-electron chi connectivity index (χ1n) is 4.80. The number of aryl methyl sites for hydroxylation is 1. The van der Waals surface area contributed by atoms with Crippen LogP contribution in [0.4, 0.5) is 0 Å². The number of hydrogen-bond acceptors (Lipinski definition) is 2. The van der Waals surface area contributed by atoms with Crippen molar-refractivity contribution in [3.05, 3.63) is 39.2 Å². The topological polar surface area (TPSA) is 50.7 Å². The second-order valence-corrected chi connectivity index (χ2v) is 4.60. The first-order valence-corrected chi connectivity index (χ1v) is 5.59. The van der Waals surface area contributed by atoms with Gasteiger partial charge >= 0.3 is 0 Å². The number of rotatable bonds is 0. The Morgan fingerprint density at radius 1 is 1.38 bits per heavy atom. The van der Waals surface area contributed by atoms with E-state index in [1.807, 2.05) is 29.8 Å². The van der Waals surface area contributed by atoms with Crippen molar-refractivity contribution < 1.29 is 0 Å². The normalized spacial score (nSPS) is 11.4. The molecule has 4 nitrogen and oxygen atoms in total. The van der Waals surface area contributed by atoms with Gasteiger partial charge in [0.1, 0.15) is 5.52 Å². The molecule has 0 atom stereocenters. The molecule has 0 aliphatic carbocycles. The van der Waals surface area contributed by atoms with Gasteiger partial charge in [-0.3, -0.25) is 4.79 Å². The van der Waals surface area contributed by atoms with Crippen molar-refractivity contribution in [2.24, 2.45) is 7.05 Å². The van der Waals surface area contributed by atoms with Crippen LogP contribution in [0.2, 0.25) is 0 Å². The van der Waals surface area contributed by atoms with E-state index in [4.69, 9.17) is 0 Å². The maximum absolute atomic E-state index is 11.7. The highest BCUT2D eigenvalue weighted by atomic mass is 79.9. The molecule has 5 heteroatoms. The van der Waals surface area contributed by atoms with Gasteiger partial charge < -0.3 is 4.57 Å². The van der Waals surface area contributed by atoms with E-state index in [0.717, 1.165) is 20.8 Å². The summed E-state index contributed by atoms with van der Waals surface area (Å²) in [6.07, 6.45) is 1.69. The molecule has 2 heterocycles. The zero-order chi connectivity index (χ0) is 11.3. The van der Waals surface area contributed by atoms with Crippen LogP contribution < -0.4 is 5.56 Å². The molecule has 16 heavy (non-hydrogen) atoms. The largest absolute Gasteiger partial charge is 0.339 e. The van der Waals surface area contributed by atoms with Crippen LogP contribution in [0.15, 0.2) is 33.7 Å². The Morgan fingerprint density at radius 3 is 3.00 bits per heavy atom. The molecule has 1 aromatic carbocycles. The molecule has 80 valence electrons. The molecule has 3 aromatic rings. The molecule has 1 N–H and O–H groups in total. The van der Waals surface area contributed by atoms with Crippen LogP contribution in [-0.4, -0.2) is 14.8 Å². The molecule has 0 fully saturated rings. The summed E-state index contributed by atoms with van der Waals surface area (Å²) >= 11 is 3.43. The lowest BCUT2D eigenvalue weighted by molar-refractivity contribution is 0.958. The van der Waals surface area contributed by atoms with Gasteiger partial charge in [-0.15, -0.1) is 0 Å². The summed E-state index contributed by atoms with van der Waals surface area (Å²) in [6, 6.07) is 5.95. The van der Waals surface area contributed by atoms with Crippen LogP contribution in [0, 0.1) is 0 Å². The van der Waals surface area contributed by atoms with E-state index in [1.54, 1.807) is 6.20 Å². The summed E-state index contributed by atoms with van der Waals surface area (Å²) in [4.78, 5) is 11.7.